The fourth-order valence-electron chi connectivity index (χ4n) is 2.74. The average Bonchev–Trinajstić information content (AvgIpc) is 2.69. The van der Waals surface area contributed by atoms with Crippen LogP contribution in [0.3, 0.4) is 0 Å². The lowest BCUT2D eigenvalue weighted by atomic mass is 9.79. The summed E-state index contributed by atoms with van der Waals surface area (Å²) in [6, 6.07) is 9.08. The highest BCUT2D eigenvalue weighted by Gasteiger charge is 2.59. The number of nitrogens with zero attached hydrogens (tertiary/aromatic N) is 1. The van der Waals surface area contributed by atoms with Crippen LogP contribution in [0.2, 0.25) is 0 Å². The van der Waals surface area contributed by atoms with Gasteiger partial charge in [0.05, 0.1) is 11.3 Å². The fourth-order valence-corrected chi connectivity index (χ4v) is 2.74. The first kappa shape index (κ1) is 14.8. The predicted octanol–water partition coefficient (Wildman–Crippen LogP) is 2.77. The van der Waals surface area contributed by atoms with Gasteiger partial charge in [0.2, 0.25) is 0 Å². The third-order valence-corrected chi connectivity index (χ3v) is 3.89. The molecule has 6 heteroatoms. The number of halogens is 3. The van der Waals surface area contributed by atoms with Gasteiger partial charge in [0, 0.05) is 19.6 Å². The molecule has 1 heterocycles. The number of likely N-dealkylation sites (tertiary alicyclic amines) is 1. The van der Waals surface area contributed by atoms with Crippen LogP contribution in [0.15, 0.2) is 30.3 Å². The van der Waals surface area contributed by atoms with E-state index in [1.165, 1.54) is 6.92 Å². The normalized spacial score (nSPS) is 27.7. The number of rotatable bonds is 3. The van der Waals surface area contributed by atoms with Crippen LogP contribution < -0.4 is 0 Å². The van der Waals surface area contributed by atoms with Crippen molar-refractivity contribution in [1.82, 2.24) is 4.90 Å². The number of carbonyl (C=O) groups is 1. The van der Waals surface area contributed by atoms with Gasteiger partial charge in [-0.05, 0) is 12.5 Å². The topological polar surface area (TPSA) is 40.5 Å². The van der Waals surface area contributed by atoms with E-state index in [2.05, 4.69) is 0 Å². The first-order valence-electron chi connectivity index (χ1n) is 6.30. The van der Waals surface area contributed by atoms with Crippen molar-refractivity contribution in [2.24, 2.45) is 11.3 Å². The first-order chi connectivity index (χ1) is 9.23. The third kappa shape index (κ3) is 2.80. The lowest BCUT2D eigenvalue weighted by molar-refractivity contribution is -0.202. The molecule has 1 N–H and O–H groups in total. The zero-order chi connectivity index (χ0) is 15.0. The summed E-state index contributed by atoms with van der Waals surface area (Å²) in [7, 11) is 0. The number of benzene rings is 1. The van der Waals surface area contributed by atoms with Crippen LogP contribution >= 0.6 is 0 Å². The summed E-state index contributed by atoms with van der Waals surface area (Å²) in [5.74, 6) is -3.23. The smallest absolute Gasteiger partial charge is 0.394 e. The van der Waals surface area contributed by atoms with E-state index in [0.717, 1.165) is 5.56 Å². The molecule has 0 radical (unpaired) electrons. The van der Waals surface area contributed by atoms with Crippen LogP contribution in [-0.2, 0) is 11.3 Å². The molecule has 0 unspecified atom stereocenters. The van der Waals surface area contributed by atoms with Crippen molar-refractivity contribution >= 4 is 5.97 Å². The van der Waals surface area contributed by atoms with E-state index >= 15 is 0 Å². The van der Waals surface area contributed by atoms with E-state index in [1.807, 2.05) is 30.3 Å². The maximum atomic E-state index is 13.0. The van der Waals surface area contributed by atoms with Gasteiger partial charge in [-0.2, -0.15) is 13.2 Å². The van der Waals surface area contributed by atoms with E-state index in [1.54, 1.807) is 4.90 Å². The molecule has 1 fully saturated rings. The van der Waals surface area contributed by atoms with Crippen LogP contribution in [0, 0.1) is 11.3 Å². The molecular weight excluding hydrogens is 271 g/mol. The molecule has 1 aromatic carbocycles. The summed E-state index contributed by atoms with van der Waals surface area (Å²) < 4.78 is 39.1. The molecule has 0 aromatic heterocycles. The van der Waals surface area contributed by atoms with Crippen LogP contribution in [-0.4, -0.2) is 35.2 Å². The van der Waals surface area contributed by atoms with Gasteiger partial charge in [0.1, 0.15) is 0 Å². The van der Waals surface area contributed by atoms with Crippen molar-refractivity contribution in [3.05, 3.63) is 35.9 Å². The molecule has 110 valence electrons. The molecule has 1 aliphatic rings. The average molecular weight is 287 g/mol. The van der Waals surface area contributed by atoms with Crippen molar-refractivity contribution in [3.8, 4) is 0 Å². The number of hydrogen-bond donors (Lipinski definition) is 1. The third-order valence-electron chi connectivity index (χ3n) is 3.89. The minimum absolute atomic E-state index is 0.0958. The number of hydrogen-bond acceptors (Lipinski definition) is 2. The molecule has 20 heavy (non-hydrogen) atoms. The molecule has 0 amide bonds. The minimum atomic E-state index is -4.50. The van der Waals surface area contributed by atoms with E-state index in [4.69, 9.17) is 5.11 Å². The second kappa shape index (κ2) is 5.09. The highest BCUT2D eigenvalue weighted by atomic mass is 19.4. The Kier molecular flexibility index (Phi) is 3.77. The van der Waals surface area contributed by atoms with Gasteiger partial charge in [0.15, 0.2) is 0 Å². The molecule has 2 rings (SSSR count). The van der Waals surface area contributed by atoms with E-state index in [9.17, 15) is 18.0 Å². The van der Waals surface area contributed by atoms with Crippen molar-refractivity contribution in [3.63, 3.8) is 0 Å². The Morgan fingerprint density at radius 1 is 1.40 bits per heavy atom. The molecular formula is C14H16F3NO2. The maximum Gasteiger partial charge on any atom is 0.394 e. The van der Waals surface area contributed by atoms with Gasteiger partial charge in [-0.1, -0.05) is 30.3 Å². The summed E-state index contributed by atoms with van der Waals surface area (Å²) in [6.07, 6.45) is -4.50. The van der Waals surface area contributed by atoms with Crippen LogP contribution in [0.25, 0.3) is 0 Å². The number of aliphatic carboxylic acids is 1. The SMILES string of the molecule is C[C@@]1(C(=O)O)CN(Cc2ccccc2)C[C@H]1C(F)(F)F. The molecule has 0 aliphatic carbocycles. The summed E-state index contributed by atoms with van der Waals surface area (Å²) in [5, 5.41) is 9.16. The minimum Gasteiger partial charge on any atom is -0.481 e. The Morgan fingerprint density at radius 3 is 2.45 bits per heavy atom. The van der Waals surface area contributed by atoms with Gasteiger partial charge < -0.3 is 5.11 Å². The van der Waals surface area contributed by atoms with Gasteiger partial charge in [0.25, 0.3) is 0 Å². The molecule has 0 bridgehead atoms. The predicted molar refractivity (Wildman–Crippen MR) is 67.0 cm³/mol. The van der Waals surface area contributed by atoms with Crippen LogP contribution in [0.4, 0.5) is 13.2 Å². The Bertz CT molecular complexity index is 489. The quantitative estimate of drug-likeness (QED) is 0.929. The monoisotopic (exact) mass is 287 g/mol. The number of alkyl halides is 3. The molecule has 1 aromatic rings. The van der Waals surface area contributed by atoms with E-state index in [-0.39, 0.29) is 13.1 Å². The van der Waals surface area contributed by atoms with Crippen molar-refractivity contribution in [2.75, 3.05) is 13.1 Å². The summed E-state index contributed by atoms with van der Waals surface area (Å²) >= 11 is 0. The van der Waals surface area contributed by atoms with Gasteiger partial charge in [-0.15, -0.1) is 0 Å². The standard InChI is InChI=1S/C14H16F3NO2/c1-13(12(19)20)9-18(8-11(13)14(15,16)17)7-10-5-3-2-4-6-10/h2-6,11H,7-9H2,1H3,(H,19,20)/t11-,13-/m1/s1. The molecule has 1 saturated heterocycles. The van der Waals surface area contributed by atoms with Gasteiger partial charge in [-0.3, -0.25) is 9.69 Å². The second-order valence-electron chi connectivity index (χ2n) is 5.47. The zero-order valence-electron chi connectivity index (χ0n) is 11.0. The largest absolute Gasteiger partial charge is 0.481 e. The molecule has 0 spiro atoms. The van der Waals surface area contributed by atoms with Crippen molar-refractivity contribution in [2.45, 2.75) is 19.6 Å². The first-order valence-corrected chi connectivity index (χ1v) is 6.30. The molecule has 2 atom stereocenters. The second-order valence-corrected chi connectivity index (χ2v) is 5.47. The van der Waals surface area contributed by atoms with E-state index in [0.29, 0.717) is 6.54 Å². The Labute approximate surface area is 115 Å². The molecule has 3 nitrogen and oxygen atoms in total. The zero-order valence-corrected chi connectivity index (χ0v) is 11.0. The summed E-state index contributed by atoms with van der Waals surface area (Å²) in [6.45, 7) is 1.14. The van der Waals surface area contributed by atoms with Crippen LogP contribution in [0.1, 0.15) is 12.5 Å². The molecule has 0 saturated carbocycles. The number of carboxylic acids is 1. The van der Waals surface area contributed by atoms with E-state index < -0.39 is 23.5 Å². The van der Waals surface area contributed by atoms with Gasteiger partial charge >= 0.3 is 12.1 Å². The summed E-state index contributed by atoms with van der Waals surface area (Å²) in [4.78, 5) is 12.8. The Balaban J connectivity index is 2.18. The number of carboxylic acid groups (broad SMARTS) is 1. The lowest BCUT2D eigenvalue weighted by Gasteiger charge is -2.27. The highest BCUT2D eigenvalue weighted by Crippen LogP contribution is 2.45. The van der Waals surface area contributed by atoms with Crippen LogP contribution in [0.5, 0.6) is 0 Å². The fraction of sp³-hybridized carbons (Fsp3) is 0.500. The Morgan fingerprint density at radius 2 is 2.00 bits per heavy atom. The summed E-state index contributed by atoms with van der Waals surface area (Å²) in [5.41, 5.74) is -0.907. The van der Waals surface area contributed by atoms with Crippen molar-refractivity contribution < 1.29 is 23.1 Å². The maximum absolute atomic E-state index is 13.0. The lowest BCUT2D eigenvalue weighted by Crippen LogP contribution is -2.42. The molecule has 1 aliphatic heterocycles. The van der Waals surface area contributed by atoms with Crippen molar-refractivity contribution in [1.29, 1.82) is 0 Å². The highest BCUT2D eigenvalue weighted by molar-refractivity contribution is 5.75. The Hall–Kier alpha value is -1.56. The van der Waals surface area contributed by atoms with Gasteiger partial charge in [-0.25, -0.2) is 0 Å².